The zero-order chi connectivity index (χ0) is 20.6. The SMILES string of the molecule is Cc1ccc(-c2nc3sc(-c4ccc(-c5sc6c(C)c(C)sc6c5C)s4)nc3s2)s1. The molecule has 0 unspecified atom stereocenters. The third kappa shape index (κ3) is 2.97. The number of nitrogens with zero attached hydrogens (tertiary/aromatic N) is 2. The summed E-state index contributed by atoms with van der Waals surface area (Å²) in [5.74, 6) is 0. The summed E-state index contributed by atoms with van der Waals surface area (Å²) in [6, 6.07) is 8.79. The molecule has 0 bridgehead atoms. The van der Waals surface area contributed by atoms with E-state index in [-0.39, 0.29) is 0 Å². The third-order valence-electron chi connectivity index (χ3n) is 5.18. The highest BCUT2D eigenvalue weighted by atomic mass is 32.1. The minimum atomic E-state index is 1.05. The van der Waals surface area contributed by atoms with Crippen molar-refractivity contribution < 1.29 is 0 Å². The Morgan fingerprint density at radius 3 is 1.80 bits per heavy atom. The topological polar surface area (TPSA) is 25.8 Å². The van der Waals surface area contributed by atoms with Gasteiger partial charge in [-0.3, -0.25) is 0 Å². The fourth-order valence-corrected chi connectivity index (χ4v) is 10.4. The minimum absolute atomic E-state index is 1.05. The molecule has 0 aliphatic carbocycles. The Bertz CT molecular complexity index is 1520. The molecular weight excluding hydrogens is 485 g/mol. The van der Waals surface area contributed by atoms with Crippen LogP contribution in [0.3, 0.4) is 0 Å². The van der Waals surface area contributed by atoms with Crippen LogP contribution in [0, 0.1) is 27.7 Å². The summed E-state index contributed by atoms with van der Waals surface area (Å²) >= 11 is 10.9. The number of aryl methyl sites for hydroxylation is 4. The standard InChI is InChI=1S/C22H16N2S6/c1-9-5-6-14(25-9)19-23-21-22(29-19)24-20(30-21)15-8-7-13(27-15)16-11(3)18-17(28-16)10(2)12(4)26-18/h5-8H,1-4H3. The number of hydrogen-bond acceptors (Lipinski definition) is 8. The molecule has 6 aromatic heterocycles. The number of thiazole rings is 2. The van der Waals surface area contributed by atoms with Crippen LogP contribution in [0.2, 0.25) is 0 Å². The molecule has 0 atom stereocenters. The van der Waals surface area contributed by atoms with Gasteiger partial charge in [-0.25, -0.2) is 9.97 Å². The number of rotatable bonds is 3. The second-order valence-corrected chi connectivity index (χ2v) is 13.8. The average molecular weight is 501 g/mol. The molecule has 0 saturated heterocycles. The van der Waals surface area contributed by atoms with E-state index in [0.29, 0.717) is 0 Å². The number of hydrogen-bond donors (Lipinski definition) is 0. The van der Waals surface area contributed by atoms with Gasteiger partial charge in [0.2, 0.25) is 0 Å². The van der Waals surface area contributed by atoms with Gasteiger partial charge in [0.05, 0.1) is 9.75 Å². The molecule has 0 fully saturated rings. The van der Waals surface area contributed by atoms with E-state index < -0.39 is 0 Å². The number of aromatic nitrogens is 2. The van der Waals surface area contributed by atoms with E-state index in [1.165, 1.54) is 49.8 Å². The molecule has 8 heteroatoms. The van der Waals surface area contributed by atoms with Crippen molar-refractivity contribution in [2.75, 3.05) is 0 Å². The molecule has 150 valence electrons. The first-order chi connectivity index (χ1) is 14.5. The van der Waals surface area contributed by atoms with E-state index in [4.69, 9.17) is 9.97 Å². The Hall–Kier alpha value is -1.42. The van der Waals surface area contributed by atoms with E-state index in [0.717, 1.165) is 19.7 Å². The fourth-order valence-electron chi connectivity index (χ4n) is 3.47. The second kappa shape index (κ2) is 7.05. The first kappa shape index (κ1) is 19.3. The molecule has 0 amide bonds. The largest absolute Gasteiger partial charge is 0.222 e. The van der Waals surface area contributed by atoms with Gasteiger partial charge in [-0.1, -0.05) is 22.7 Å². The van der Waals surface area contributed by atoms with Crippen molar-refractivity contribution in [1.82, 2.24) is 9.97 Å². The molecule has 6 heterocycles. The van der Waals surface area contributed by atoms with Crippen LogP contribution in [0.25, 0.3) is 48.6 Å². The highest BCUT2D eigenvalue weighted by molar-refractivity contribution is 7.34. The molecule has 0 spiro atoms. The lowest BCUT2D eigenvalue weighted by Gasteiger charge is -1.95. The summed E-state index contributed by atoms with van der Waals surface area (Å²) in [5, 5.41) is 2.16. The van der Waals surface area contributed by atoms with Crippen molar-refractivity contribution in [1.29, 1.82) is 0 Å². The molecule has 6 aromatic rings. The molecule has 6 rings (SSSR count). The normalized spacial score (nSPS) is 12.0. The van der Waals surface area contributed by atoms with Gasteiger partial charge >= 0.3 is 0 Å². The zero-order valence-corrected chi connectivity index (χ0v) is 21.6. The predicted octanol–water partition coefficient (Wildman–Crippen LogP) is 9.39. The smallest absolute Gasteiger partial charge is 0.155 e. The molecule has 0 N–H and O–H groups in total. The van der Waals surface area contributed by atoms with Gasteiger partial charge < -0.3 is 0 Å². The van der Waals surface area contributed by atoms with Crippen LogP contribution in [0.4, 0.5) is 0 Å². The maximum absolute atomic E-state index is 4.92. The highest BCUT2D eigenvalue weighted by Crippen LogP contribution is 2.48. The van der Waals surface area contributed by atoms with Crippen molar-refractivity contribution >= 4 is 87.1 Å². The molecule has 30 heavy (non-hydrogen) atoms. The average Bonchev–Trinajstić information content (AvgIpc) is 3.49. The lowest BCUT2D eigenvalue weighted by molar-refractivity contribution is 1.48. The van der Waals surface area contributed by atoms with Crippen molar-refractivity contribution in [3.8, 4) is 29.5 Å². The van der Waals surface area contributed by atoms with E-state index in [1.807, 2.05) is 34.0 Å². The maximum atomic E-state index is 4.92. The van der Waals surface area contributed by atoms with Crippen molar-refractivity contribution in [2.45, 2.75) is 27.7 Å². The van der Waals surface area contributed by atoms with Crippen LogP contribution < -0.4 is 0 Å². The van der Waals surface area contributed by atoms with Crippen molar-refractivity contribution in [2.24, 2.45) is 0 Å². The quantitative estimate of drug-likeness (QED) is 0.242. The predicted molar refractivity (Wildman–Crippen MR) is 140 cm³/mol. The molecule has 0 saturated carbocycles. The van der Waals surface area contributed by atoms with E-state index in [1.54, 1.807) is 34.0 Å². The Morgan fingerprint density at radius 2 is 1.17 bits per heavy atom. The summed E-state index contributed by atoms with van der Waals surface area (Å²) in [6.45, 7) is 8.87. The van der Waals surface area contributed by atoms with Gasteiger partial charge in [0.1, 0.15) is 10.0 Å². The minimum Gasteiger partial charge on any atom is -0.222 e. The molecule has 0 radical (unpaired) electrons. The van der Waals surface area contributed by atoms with Gasteiger partial charge in [0.25, 0.3) is 0 Å². The van der Waals surface area contributed by atoms with Crippen molar-refractivity contribution in [3.05, 3.63) is 45.1 Å². The first-order valence-corrected chi connectivity index (χ1v) is 14.3. The number of thiophene rings is 4. The van der Waals surface area contributed by atoms with Crippen LogP contribution in [0.1, 0.15) is 20.9 Å². The summed E-state index contributed by atoms with van der Waals surface area (Å²) < 4.78 is 2.91. The first-order valence-electron chi connectivity index (χ1n) is 9.42. The zero-order valence-electron chi connectivity index (χ0n) is 16.7. The summed E-state index contributed by atoms with van der Waals surface area (Å²) in [5.41, 5.74) is 2.86. The Kier molecular flexibility index (Phi) is 4.53. The molecule has 2 nitrogen and oxygen atoms in total. The van der Waals surface area contributed by atoms with Crippen LogP contribution in [-0.4, -0.2) is 9.97 Å². The molecular formula is C22H16N2S6. The molecule has 0 aromatic carbocycles. The third-order valence-corrected chi connectivity index (χ3v) is 12.7. The molecule has 0 aliphatic rings. The maximum Gasteiger partial charge on any atom is 0.155 e. The lowest BCUT2D eigenvalue weighted by atomic mass is 10.2. The van der Waals surface area contributed by atoms with E-state index in [9.17, 15) is 0 Å². The van der Waals surface area contributed by atoms with E-state index in [2.05, 4.69) is 52.0 Å². The summed E-state index contributed by atoms with van der Waals surface area (Å²) in [7, 11) is 0. The Balaban J connectivity index is 1.36. The van der Waals surface area contributed by atoms with Gasteiger partial charge in [-0.05, 0) is 63.1 Å². The lowest BCUT2D eigenvalue weighted by Crippen LogP contribution is -1.69. The highest BCUT2D eigenvalue weighted by Gasteiger charge is 2.19. The Labute approximate surface area is 198 Å². The number of fused-ring (bicyclic) bond motifs is 2. The fraction of sp³-hybridized carbons (Fsp3) is 0.182. The van der Waals surface area contributed by atoms with E-state index >= 15 is 0 Å². The van der Waals surface area contributed by atoms with Crippen molar-refractivity contribution in [3.63, 3.8) is 0 Å². The van der Waals surface area contributed by atoms with Crippen LogP contribution >= 0.6 is 68.0 Å². The monoisotopic (exact) mass is 500 g/mol. The van der Waals surface area contributed by atoms with Crippen LogP contribution in [0.5, 0.6) is 0 Å². The second-order valence-electron chi connectivity index (χ2n) is 7.22. The summed E-state index contributed by atoms with van der Waals surface area (Å²) in [4.78, 5) is 19.8. The van der Waals surface area contributed by atoms with Gasteiger partial charge in [0, 0.05) is 28.9 Å². The van der Waals surface area contributed by atoms with Gasteiger partial charge in [-0.15, -0.1) is 45.3 Å². The summed E-state index contributed by atoms with van der Waals surface area (Å²) in [6.07, 6.45) is 0. The molecule has 0 aliphatic heterocycles. The van der Waals surface area contributed by atoms with Gasteiger partial charge in [0.15, 0.2) is 9.66 Å². The van der Waals surface area contributed by atoms with Crippen LogP contribution in [0.15, 0.2) is 24.3 Å². The Morgan fingerprint density at radius 1 is 0.567 bits per heavy atom. The van der Waals surface area contributed by atoms with Crippen LogP contribution in [-0.2, 0) is 0 Å². The van der Waals surface area contributed by atoms with Gasteiger partial charge in [-0.2, -0.15) is 0 Å².